The second kappa shape index (κ2) is 14.0. The SMILES string of the molecule is COC(=O)[C@H](CCSC)NC(=O)c1ccc(COC(Cn2ccnc2)c2nccs2)cc1-c1ccc(F)cc1. The van der Waals surface area contributed by atoms with Crippen LogP contribution >= 0.6 is 23.1 Å². The van der Waals surface area contributed by atoms with Gasteiger partial charge in [-0.2, -0.15) is 11.8 Å². The molecule has 2 atom stereocenters. The van der Waals surface area contributed by atoms with Gasteiger partial charge in [-0.25, -0.2) is 19.2 Å². The lowest BCUT2D eigenvalue weighted by atomic mass is 9.96. The molecule has 0 radical (unpaired) electrons. The van der Waals surface area contributed by atoms with Crippen LogP contribution in [-0.2, 0) is 27.4 Å². The molecule has 0 fully saturated rings. The number of aromatic nitrogens is 3. The van der Waals surface area contributed by atoms with Crippen molar-refractivity contribution in [1.82, 2.24) is 19.9 Å². The zero-order valence-electron chi connectivity index (χ0n) is 21.6. The number of hydrogen-bond donors (Lipinski definition) is 1. The van der Waals surface area contributed by atoms with E-state index in [1.54, 1.807) is 48.7 Å². The van der Waals surface area contributed by atoms with Crippen molar-refractivity contribution in [1.29, 1.82) is 0 Å². The van der Waals surface area contributed by atoms with Crippen LogP contribution in [0.15, 0.2) is 72.8 Å². The molecule has 8 nitrogen and oxygen atoms in total. The summed E-state index contributed by atoms with van der Waals surface area (Å²) in [6.07, 6.45) is 9.11. The number of imidazole rings is 1. The van der Waals surface area contributed by atoms with Gasteiger partial charge in [-0.05, 0) is 59.4 Å². The molecule has 0 aliphatic rings. The second-order valence-electron chi connectivity index (χ2n) is 8.65. The molecule has 4 rings (SSSR count). The maximum absolute atomic E-state index is 13.7. The van der Waals surface area contributed by atoms with E-state index in [0.717, 1.165) is 10.6 Å². The molecule has 2 heterocycles. The summed E-state index contributed by atoms with van der Waals surface area (Å²) in [4.78, 5) is 34.2. The molecule has 2 aromatic carbocycles. The van der Waals surface area contributed by atoms with Gasteiger partial charge in [0.05, 0.1) is 26.6 Å². The van der Waals surface area contributed by atoms with Crippen LogP contribution in [0.4, 0.5) is 4.39 Å². The number of carbonyl (C=O) groups excluding carboxylic acids is 2. The first-order valence-corrected chi connectivity index (χ1v) is 14.5. The number of methoxy groups -OCH3 is 1. The third-order valence-corrected chi connectivity index (χ3v) is 7.51. The lowest BCUT2D eigenvalue weighted by Crippen LogP contribution is -2.42. The lowest BCUT2D eigenvalue weighted by Gasteiger charge is -2.19. The fourth-order valence-electron chi connectivity index (χ4n) is 3.99. The normalized spacial score (nSPS) is 12.6. The van der Waals surface area contributed by atoms with Crippen molar-refractivity contribution in [3.8, 4) is 11.1 Å². The first-order chi connectivity index (χ1) is 19.0. The number of benzene rings is 2. The van der Waals surface area contributed by atoms with Crippen molar-refractivity contribution in [3.63, 3.8) is 0 Å². The number of rotatable bonds is 13. The number of esters is 1. The van der Waals surface area contributed by atoms with Crippen molar-refractivity contribution < 1.29 is 23.5 Å². The van der Waals surface area contributed by atoms with Crippen LogP contribution in [0.25, 0.3) is 11.1 Å². The standard InChI is InChI=1S/C28H29FN4O4S2/c1-36-28(35)24(9-13-38-2)32-26(34)22-8-3-19(15-23(22)20-4-6-21(29)7-5-20)17-37-25(27-31-11-14-39-27)16-33-12-10-30-18-33/h3-8,10-12,14-15,18,24-25H,9,13,16-17H2,1-2H3,(H,32,34)/t24-,25?/m0/s1. The molecule has 0 saturated carbocycles. The molecule has 4 aromatic rings. The molecule has 1 N–H and O–H groups in total. The van der Waals surface area contributed by atoms with Crippen LogP contribution in [-0.4, -0.2) is 51.6 Å². The number of amides is 1. The Morgan fingerprint density at radius 1 is 1.18 bits per heavy atom. The summed E-state index contributed by atoms with van der Waals surface area (Å²) in [7, 11) is 1.30. The largest absolute Gasteiger partial charge is 0.467 e. The quantitative estimate of drug-likeness (QED) is 0.224. The minimum atomic E-state index is -0.777. The van der Waals surface area contributed by atoms with Crippen LogP contribution in [0.5, 0.6) is 0 Å². The van der Waals surface area contributed by atoms with E-state index in [4.69, 9.17) is 9.47 Å². The molecule has 0 saturated heterocycles. The zero-order chi connectivity index (χ0) is 27.6. The topological polar surface area (TPSA) is 95.3 Å². The molecule has 0 spiro atoms. The van der Waals surface area contributed by atoms with Crippen LogP contribution in [0, 0.1) is 5.82 Å². The lowest BCUT2D eigenvalue weighted by molar-refractivity contribution is -0.142. The average Bonchev–Trinajstić information content (AvgIpc) is 3.68. The number of ether oxygens (including phenoxy) is 2. The van der Waals surface area contributed by atoms with Gasteiger partial charge in [0.15, 0.2) is 0 Å². The van der Waals surface area contributed by atoms with E-state index in [0.29, 0.717) is 35.4 Å². The molecule has 11 heteroatoms. The monoisotopic (exact) mass is 568 g/mol. The first kappa shape index (κ1) is 28.5. The fraction of sp³-hybridized carbons (Fsp3) is 0.286. The molecule has 1 unspecified atom stereocenters. The van der Waals surface area contributed by atoms with Crippen LogP contribution in [0.1, 0.15) is 33.5 Å². The van der Waals surface area contributed by atoms with E-state index in [1.165, 1.54) is 30.6 Å². The highest BCUT2D eigenvalue weighted by Crippen LogP contribution is 2.28. The second-order valence-corrected chi connectivity index (χ2v) is 10.6. The third kappa shape index (κ3) is 7.75. The smallest absolute Gasteiger partial charge is 0.328 e. The summed E-state index contributed by atoms with van der Waals surface area (Å²) in [5.41, 5.74) is 2.45. The van der Waals surface area contributed by atoms with Gasteiger partial charge in [0.1, 0.15) is 23.0 Å². The van der Waals surface area contributed by atoms with Crippen molar-refractivity contribution in [3.05, 3.63) is 94.7 Å². The highest BCUT2D eigenvalue weighted by Gasteiger charge is 2.24. The van der Waals surface area contributed by atoms with Gasteiger partial charge in [-0.15, -0.1) is 11.3 Å². The van der Waals surface area contributed by atoms with Gasteiger partial charge in [0.25, 0.3) is 5.91 Å². The summed E-state index contributed by atoms with van der Waals surface area (Å²) >= 11 is 3.09. The van der Waals surface area contributed by atoms with Crippen LogP contribution < -0.4 is 5.32 Å². The number of hydrogen-bond acceptors (Lipinski definition) is 8. The van der Waals surface area contributed by atoms with E-state index < -0.39 is 17.9 Å². The highest BCUT2D eigenvalue weighted by atomic mass is 32.2. The molecule has 2 aromatic heterocycles. The number of nitrogens with zero attached hydrogens (tertiary/aromatic N) is 3. The predicted molar refractivity (Wildman–Crippen MR) is 150 cm³/mol. The zero-order valence-corrected chi connectivity index (χ0v) is 23.2. The molecule has 0 aliphatic carbocycles. The first-order valence-electron chi connectivity index (χ1n) is 12.2. The van der Waals surface area contributed by atoms with E-state index in [-0.39, 0.29) is 18.5 Å². The Balaban J connectivity index is 1.59. The summed E-state index contributed by atoms with van der Waals surface area (Å²) in [6, 6.07) is 10.5. The van der Waals surface area contributed by atoms with Gasteiger partial charge >= 0.3 is 5.97 Å². The predicted octanol–water partition coefficient (Wildman–Crippen LogP) is 5.13. The Morgan fingerprint density at radius 3 is 2.67 bits per heavy atom. The number of carbonyl (C=O) groups is 2. The molecular weight excluding hydrogens is 539 g/mol. The Hall–Kier alpha value is -3.54. The Bertz CT molecular complexity index is 1350. The summed E-state index contributed by atoms with van der Waals surface area (Å²) in [6.45, 7) is 0.803. The maximum Gasteiger partial charge on any atom is 0.328 e. The Labute approximate surface area is 234 Å². The van der Waals surface area contributed by atoms with Crippen LogP contribution in [0.2, 0.25) is 0 Å². The van der Waals surface area contributed by atoms with Gasteiger partial charge in [0, 0.05) is 29.5 Å². The number of nitrogens with one attached hydrogen (secondary N) is 1. The Morgan fingerprint density at radius 2 is 2.00 bits per heavy atom. The molecule has 204 valence electrons. The highest BCUT2D eigenvalue weighted by molar-refractivity contribution is 7.98. The van der Waals surface area contributed by atoms with E-state index in [2.05, 4.69) is 15.3 Å². The van der Waals surface area contributed by atoms with Crippen molar-refractivity contribution in [2.24, 2.45) is 0 Å². The maximum atomic E-state index is 13.7. The minimum Gasteiger partial charge on any atom is -0.467 e. The molecular formula is C28H29FN4O4S2. The van der Waals surface area contributed by atoms with Gasteiger partial charge in [-0.1, -0.05) is 18.2 Å². The third-order valence-electron chi connectivity index (χ3n) is 6.00. The summed E-state index contributed by atoms with van der Waals surface area (Å²) in [5.74, 6) is -0.616. The van der Waals surface area contributed by atoms with Gasteiger partial charge < -0.3 is 19.4 Å². The Kier molecular flexibility index (Phi) is 10.2. The van der Waals surface area contributed by atoms with E-state index in [9.17, 15) is 14.0 Å². The summed E-state index contributed by atoms with van der Waals surface area (Å²) < 4.78 is 26.8. The number of thioether (sulfide) groups is 1. The van der Waals surface area contributed by atoms with Crippen molar-refractivity contribution in [2.75, 3.05) is 19.1 Å². The van der Waals surface area contributed by atoms with Crippen molar-refractivity contribution >= 4 is 35.0 Å². The fourth-order valence-corrected chi connectivity index (χ4v) is 5.14. The van der Waals surface area contributed by atoms with Gasteiger partial charge in [-0.3, -0.25) is 4.79 Å². The average molecular weight is 569 g/mol. The van der Waals surface area contributed by atoms with Gasteiger partial charge in [0.2, 0.25) is 0 Å². The number of halogens is 1. The molecule has 1 amide bonds. The van der Waals surface area contributed by atoms with Crippen LogP contribution in [0.3, 0.4) is 0 Å². The van der Waals surface area contributed by atoms with E-state index >= 15 is 0 Å². The summed E-state index contributed by atoms with van der Waals surface area (Å²) in [5, 5.41) is 5.55. The molecule has 0 bridgehead atoms. The van der Waals surface area contributed by atoms with E-state index in [1.807, 2.05) is 34.5 Å². The molecule has 0 aliphatic heterocycles. The molecule has 39 heavy (non-hydrogen) atoms. The minimum absolute atomic E-state index is 0.257. The van der Waals surface area contributed by atoms with Crippen molar-refractivity contribution in [2.45, 2.75) is 31.7 Å². The number of thiazole rings is 1.